The standard InChI is InChI=1S/C24H27N3O8/c1-34-19-9-5-4-7-16(19)27(20(29)13-28)18-8-3-2-6-14-10-11-17(26(14)23(18)32)22(31)25-15-12-21(30)35-24(15)33/h2-5,7,9,13-15,17-18,24,33H,6,8,10-12H2,1H3,(H,25,31)/b3-2-/t14-,15?,17+,18+,24?/m1/s1. The lowest BCUT2D eigenvalue weighted by atomic mass is 10.0. The van der Waals surface area contributed by atoms with Crippen molar-refractivity contribution < 1.29 is 38.6 Å². The van der Waals surface area contributed by atoms with Gasteiger partial charge in [-0.15, -0.1) is 0 Å². The van der Waals surface area contributed by atoms with Gasteiger partial charge in [-0.25, -0.2) is 0 Å². The number of carbonyl (C=O) groups is 5. The third-order valence-electron chi connectivity index (χ3n) is 6.58. The van der Waals surface area contributed by atoms with Gasteiger partial charge in [0.1, 0.15) is 23.9 Å². The summed E-state index contributed by atoms with van der Waals surface area (Å²) in [7, 11) is 1.42. The van der Waals surface area contributed by atoms with Crippen LogP contribution in [0.2, 0.25) is 0 Å². The molecule has 3 heterocycles. The molecule has 2 N–H and O–H groups in total. The van der Waals surface area contributed by atoms with Crippen molar-refractivity contribution in [3.63, 3.8) is 0 Å². The van der Waals surface area contributed by atoms with Gasteiger partial charge in [-0.3, -0.25) is 28.9 Å². The van der Waals surface area contributed by atoms with E-state index < -0.39 is 48.1 Å². The lowest BCUT2D eigenvalue weighted by Crippen LogP contribution is -2.58. The van der Waals surface area contributed by atoms with Crippen LogP contribution in [0.25, 0.3) is 0 Å². The molecule has 11 nitrogen and oxygen atoms in total. The van der Waals surface area contributed by atoms with Crippen LogP contribution in [0.4, 0.5) is 5.69 Å². The molecule has 3 aliphatic heterocycles. The first-order valence-corrected chi connectivity index (χ1v) is 11.4. The minimum atomic E-state index is -1.45. The summed E-state index contributed by atoms with van der Waals surface area (Å²) < 4.78 is 10.0. The van der Waals surface area contributed by atoms with Gasteiger partial charge in [0.2, 0.25) is 24.4 Å². The number of aliphatic hydroxyl groups is 1. The average molecular weight is 485 g/mol. The van der Waals surface area contributed by atoms with Crippen LogP contribution in [0.3, 0.4) is 0 Å². The van der Waals surface area contributed by atoms with E-state index in [4.69, 9.17) is 4.74 Å². The maximum atomic E-state index is 13.9. The van der Waals surface area contributed by atoms with Gasteiger partial charge >= 0.3 is 5.97 Å². The number of aldehydes is 1. The van der Waals surface area contributed by atoms with Crippen molar-refractivity contribution in [1.82, 2.24) is 10.2 Å². The van der Waals surface area contributed by atoms with E-state index in [-0.39, 0.29) is 30.9 Å². The maximum Gasteiger partial charge on any atom is 0.310 e. The van der Waals surface area contributed by atoms with E-state index >= 15 is 0 Å². The number of fused-ring (bicyclic) bond motifs is 1. The molecule has 2 fully saturated rings. The van der Waals surface area contributed by atoms with Crippen LogP contribution in [-0.4, -0.2) is 77.6 Å². The fourth-order valence-corrected chi connectivity index (χ4v) is 4.94. The van der Waals surface area contributed by atoms with Crippen molar-refractivity contribution in [3.8, 4) is 5.75 Å². The molecule has 1 aromatic rings. The van der Waals surface area contributed by atoms with Gasteiger partial charge in [0.05, 0.1) is 19.2 Å². The zero-order valence-electron chi connectivity index (χ0n) is 19.2. The maximum absolute atomic E-state index is 13.9. The van der Waals surface area contributed by atoms with Crippen molar-refractivity contribution in [2.75, 3.05) is 12.0 Å². The van der Waals surface area contributed by atoms with E-state index in [9.17, 15) is 29.1 Å². The van der Waals surface area contributed by atoms with Crippen molar-refractivity contribution in [2.45, 2.75) is 62.6 Å². The molecule has 0 aliphatic carbocycles. The van der Waals surface area contributed by atoms with Gasteiger partial charge in [-0.1, -0.05) is 24.3 Å². The van der Waals surface area contributed by atoms with E-state index in [1.54, 1.807) is 30.3 Å². The molecule has 3 amide bonds. The Labute approximate surface area is 201 Å². The van der Waals surface area contributed by atoms with Crippen molar-refractivity contribution in [3.05, 3.63) is 36.4 Å². The van der Waals surface area contributed by atoms with Crippen LogP contribution < -0.4 is 15.0 Å². The quantitative estimate of drug-likeness (QED) is 0.249. The SMILES string of the molecule is COc1ccccc1N(C(=O)C=O)[C@H]1C/C=C\C[C@@H]2CC[C@@H](C(=O)NC3CC(=O)OC3O)N2C1=O. The van der Waals surface area contributed by atoms with Gasteiger partial charge in [0.25, 0.3) is 5.91 Å². The second kappa shape index (κ2) is 10.3. The highest BCUT2D eigenvalue weighted by Crippen LogP contribution is 2.35. The van der Waals surface area contributed by atoms with Crippen LogP contribution in [0, 0.1) is 0 Å². The molecule has 4 rings (SSSR count). The number of para-hydroxylation sites is 2. The summed E-state index contributed by atoms with van der Waals surface area (Å²) >= 11 is 0. The van der Waals surface area contributed by atoms with Crippen LogP contribution >= 0.6 is 0 Å². The minimum Gasteiger partial charge on any atom is -0.495 e. The summed E-state index contributed by atoms with van der Waals surface area (Å²) in [6.07, 6.45) is 3.82. The number of carbonyl (C=O) groups excluding carboxylic acids is 5. The summed E-state index contributed by atoms with van der Waals surface area (Å²) in [4.78, 5) is 65.4. The highest BCUT2D eigenvalue weighted by molar-refractivity contribution is 6.32. The molecule has 0 spiro atoms. The molecule has 2 unspecified atom stereocenters. The number of amides is 3. The first-order chi connectivity index (χ1) is 16.8. The molecular formula is C24H27N3O8. The minimum absolute atomic E-state index is 0.137. The van der Waals surface area contributed by atoms with E-state index in [1.165, 1.54) is 12.0 Å². The average Bonchev–Trinajstić information content (AvgIpc) is 3.40. The fraction of sp³-hybridized carbons (Fsp3) is 0.458. The second-order valence-corrected chi connectivity index (χ2v) is 8.65. The van der Waals surface area contributed by atoms with Crippen LogP contribution in [0.5, 0.6) is 5.75 Å². The zero-order chi connectivity index (χ0) is 25.1. The molecule has 0 radical (unpaired) electrons. The van der Waals surface area contributed by atoms with Gasteiger partial charge in [-0.05, 0) is 37.8 Å². The summed E-state index contributed by atoms with van der Waals surface area (Å²) in [6, 6.07) is 3.43. The molecule has 0 saturated carbocycles. The Morgan fingerprint density at radius 1 is 1.20 bits per heavy atom. The first-order valence-electron chi connectivity index (χ1n) is 11.4. The fourth-order valence-electron chi connectivity index (χ4n) is 4.94. The van der Waals surface area contributed by atoms with E-state index in [0.29, 0.717) is 25.0 Å². The molecule has 186 valence electrons. The first kappa shape index (κ1) is 24.4. The normalized spacial score (nSPS) is 28.9. The lowest BCUT2D eigenvalue weighted by Gasteiger charge is -2.38. The number of anilines is 1. The zero-order valence-corrected chi connectivity index (χ0v) is 19.2. The van der Waals surface area contributed by atoms with Gasteiger partial charge in [-0.2, -0.15) is 0 Å². The number of esters is 1. The predicted molar refractivity (Wildman–Crippen MR) is 121 cm³/mol. The largest absolute Gasteiger partial charge is 0.495 e. The van der Waals surface area contributed by atoms with E-state index in [2.05, 4.69) is 10.1 Å². The molecule has 0 bridgehead atoms. The lowest BCUT2D eigenvalue weighted by molar-refractivity contribution is -0.155. The van der Waals surface area contributed by atoms with Crippen molar-refractivity contribution in [1.29, 1.82) is 0 Å². The predicted octanol–water partition coefficient (Wildman–Crippen LogP) is 0.0554. The Hall–Kier alpha value is -3.73. The van der Waals surface area contributed by atoms with Gasteiger partial charge < -0.3 is 24.8 Å². The van der Waals surface area contributed by atoms with Crippen molar-refractivity contribution in [2.24, 2.45) is 0 Å². The van der Waals surface area contributed by atoms with Crippen LogP contribution in [0.15, 0.2) is 36.4 Å². The molecule has 2 saturated heterocycles. The highest BCUT2D eigenvalue weighted by Gasteiger charge is 2.46. The van der Waals surface area contributed by atoms with Crippen LogP contribution in [-0.2, 0) is 28.7 Å². The number of hydrogen-bond donors (Lipinski definition) is 2. The summed E-state index contributed by atoms with van der Waals surface area (Å²) in [5.41, 5.74) is 0.265. The number of cyclic esters (lactones) is 1. The molecule has 1 aromatic carbocycles. The number of aliphatic hydroxyl groups excluding tert-OH is 1. The molecular weight excluding hydrogens is 458 g/mol. The van der Waals surface area contributed by atoms with Crippen molar-refractivity contribution >= 4 is 35.7 Å². The Morgan fingerprint density at radius 2 is 1.94 bits per heavy atom. The van der Waals surface area contributed by atoms with Crippen LogP contribution in [0.1, 0.15) is 32.1 Å². The third kappa shape index (κ3) is 4.76. The monoisotopic (exact) mass is 485 g/mol. The summed E-state index contributed by atoms with van der Waals surface area (Å²) in [5.74, 6) is -2.22. The number of nitrogens with zero attached hydrogens (tertiary/aromatic N) is 2. The number of rotatable bonds is 6. The Balaban J connectivity index is 1.65. The second-order valence-electron chi connectivity index (χ2n) is 8.65. The Kier molecular flexibility index (Phi) is 7.15. The molecule has 5 atom stereocenters. The van der Waals surface area contributed by atoms with E-state index in [1.807, 2.05) is 6.08 Å². The topological polar surface area (TPSA) is 143 Å². The number of hydrogen-bond acceptors (Lipinski definition) is 8. The van der Waals surface area contributed by atoms with Gasteiger partial charge in [0.15, 0.2) is 0 Å². The molecule has 11 heteroatoms. The molecule has 35 heavy (non-hydrogen) atoms. The van der Waals surface area contributed by atoms with E-state index in [0.717, 1.165) is 4.90 Å². The smallest absolute Gasteiger partial charge is 0.310 e. The summed E-state index contributed by atoms with van der Waals surface area (Å²) in [5, 5.41) is 12.5. The number of ether oxygens (including phenoxy) is 2. The number of benzene rings is 1. The third-order valence-corrected chi connectivity index (χ3v) is 6.58. The number of nitrogens with one attached hydrogen (secondary N) is 1. The molecule has 3 aliphatic rings. The highest BCUT2D eigenvalue weighted by atomic mass is 16.6. The summed E-state index contributed by atoms with van der Waals surface area (Å²) in [6.45, 7) is 0. The van der Waals surface area contributed by atoms with Gasteiger partial charge in [0, 0.05) is 6.04 Å². The Morgan fingerprint density at radius 3 is 2.63 bits per heavy atom. The Bertz CT molecular complexity index is 1060. The number of methoxy groups -OCH3 is 1. The molecule has 0 aromatic heterocycles.